The van der Waals surface area contributed by atoms with Crippen molar-refractivity contribution in [3.05, 3.63) is 24.3 Å². The fourth-order valence-electron chi connectivity index (χ4n) is 4.03. The second-order valence-corrected chi connectivity index (χ2v) is 6.85. The van der Waals surface area contributed by atoms with Gasteiger partial charge in [0.1, 0.15) is 11.8 Å². The number of ether oxygens (including phenoxy) is 1. The summed E-state index contributed by atoms with van der Waals surface area (Å²) in [5.74, 6) is 1.51. The Morgan fingerprint density at radius 2 is 2.08 bits per heavy atom. The SMILES string of the molecule is O=C(O)[C@@H]1C[C@H]2C[C@@H](Oc3ccccc3-c3nnn[nH]3)CC[C@H]2CN1. The number of benzene rings is 1. The minimum absolute atomic E-state index is 0.0887. The van der Waals surface area contributed by atoms with Crippen LogP contribution in [0.1, 0.15) is 25.7 Å². The number of aromatic amines is 1. The molecule has 8 heteroatoms. The molecule has 25 heavy (non-hydrogen) atoms. The molecule has 1 aromatic carbocycles. The second-order valence-electron chi connectivity index (χ2n) is 6.85. The van der Waals surface area contributed by atoms with Crippen molar-refractivity contribution in [2.75, 3.05) is 6.54 Å². The first kappa shape index (κ1) is 16.0. The van der Waals surface area contributed by atoms with E-state index < -0.39 is 12.0 Å². The van der Waals surface area contributed by atoms with Crippen molar-refractivity contribution >= 4 is 5.97 Å². The monoisotopic (exact) mass is 343 g/mol. The summed E-state index contributed by atoms with van der Waals surface area (Å²) < 4.78 is 6.27. The van der Waals surface area contributed by atoms with Gasteiger partial charge in [0.05, 0.1) is 11.7 Å². The number of aliphatic carboxylic acids is 1. The molecule has 4 rings (SSSR count). The maximum absolute atomic E-state index is 11.3. The van der Waals surface area contributed by atoms with Crippen LogP contribution in [0.2, 0.25) is 0 Å². The summed E-state index contributed by atoms with van der Waals surface area (Å²) in [6.45, 7) is 0.786. The number of nitrogens with zero attached hydrogens (tertiary/aromatic N) is 3. The minimum atomic E-state index is -0.760. The van der Waals surface area contributed by atoms with Crippen LogP contribution in [-0.4, -0.2) is 50.4 Å². The van der Waals surface area contributed by atoms with Crippen LogP contribution >= 0.6 is 0 Å². The molecule has 2 aliphatic rings. The zero-order valence-corrected chi connectivity index (χ0v) is 13.8. The number of hydrogen-bond donors (Lipinski definition) is 3. The Morgan fingerprint density at radius 1 is 1.20 bits per heavy atom. The number of nitrogens with one attached hydrogen (secondary N) is 2. The largest absolute Gasteiger partial charge is 0.490 e. The number of H-pyrrole nitrogens is 1. The normalized spacial score (nSPS) is 29.0. The topological polar surface area (TPSA) is 113 Å². The Labute approximate surface area is 145 Å². The van der Waals surface area contributed by atoms with Crippen molar-refractivity contribution in [2.45, 2.75) is 37.8 Å². The van der Waals surface area contributed by atoms with E-state index in [4.69, 9.17) is 4.74 Å². The molecule has 0 spiro atoms. The molecule has 1 saturated heterocycles. The van der Waals surface area contributed by atoms with Gasteiger partial charge in [-0.1, -0.05) is 12.1 Å². The first-order valence-electron chi connectivity index (χ1n) is 8.66. The summed E-state index contributed by atoms with van der Waals surface area (Å²) in [5.41, 5.74) is 0.836. The number of para-hydroxylation sites is 1. The van der Waals surface area contributed by atoms with Gasteiger partial charge in [0.25, 0.3) is 0 Å². The number of rotatable bonds is 4. The highest BCUT2D eigenvalue weighted by Crippen LogP contribution is 2.38. The fraction of sp³-hybridized carbons (Fsp3) is 0.529. The average molecular weight is 343 g/mol. The highest BCUT2D eigenvalue weighted by molar-refractivity contribution is 5.73. The lowest BCUT2D eigenvalue weighted by molar-refractivity contribution is -0.141. The van der Waals surface area contributed by atoms with Crippen LogP contribution in [0, 0.1) is 11.8 Å². The Kier molecular flexibility index (Phi) is 4.35. The lowest BCUT2D eigenvalue weighted by atomic mass is 9.72. The van der Waals surface area contributed by atoms with Gasteiger partial charge in [-0.15, -0.1) is 5.10 Å². The first-order chi connectivity index (χ1) is 12.2. The zero-order valence-electron chi connectivity index (χ0n) is 13.8. The third-order valence-corrected chi connectivity index (χ3v) is 5.34. The van der Waals surface area contributed by atoms with Gasteiger partial charge in [-0.25, -0.2) is 5.10 Å². The van der Waals surface area contributed by atoms with E-state index in [-0.39, 0.29) is 6.10 Å². The minimum Gasteiger partial charge on any atom is -0.490 e. The van der Waals surface area contributed by atoms with Crippen molar-refractivity contribution in [2.24, 2.45) is 11.8 Å². The van der Waals surface area contributed by atoms with Crippen LogP contribution in [0.4, 0.5) is 0 Å². The molecule has 132 valence electrons. The number of aromatic nitrogens is 4. The Morgan fingerprint density at radius 3 is 2.88 bits per heavy atom. The predicted octanol–water partition coefficient (Wildman–Crippen LogP) is 1.48. The number of carboxylic acid groups (broad SMARTS) is 1. The fourth-order valence-corrected chi connectivity index (χ4v) is 4.03. The number of tetrazole rings is 1. The molecule has 2 aromatic rings. The van der Waals surface area contributed by atoms with E-state index in [0.29, 0.717) is 24.1 Å². The molecule has 2 heterocycles. The highest BCUT2D eigenvalue weighted by Gasteiger charge is 2.38. The van der Waals surface area contributed by atoms with Gasteiger partial charge in [-0.3, -0.25) is 4.79 Å². The number of carboxylic acids is 1. The molecule has 0 bridgehead atoms. The van der Waals surface area contributed by atoms with E-state index in [2.05, 4.69) is 25.9 Å². The molecule has 0 amide bonds. The molecule has 3 N–H and O–H groups in total. The van der Waals surface area contributed by atoms with E-state index >= 15 is 0 Å². The van der Waals surface area contributed by atoms with Crippen LogP contribution in [0.3, 0.4) is 0 Å². The summed E-state index contributed by atoms with van der Waals surface area (Å²) >= 11 is 0. The van der Waals surface area contributed by atoms with E-state index in [1.807, 2.05) is 24.3 Å². The molecule has 4 atom stereocenters. The van der Waals surface area contributed by atoms with E-state index in [0.717, 1.165) is 37.1 Å². The van der Waals surface area contributed by atoms with Crippen molar-refractivity contribution in [1.29, 1.82) is 0 Å². The third kappa shape index (κ3) is 3.34. The van der Waals surface area contributed by atoms with E-state index in [1.54, 1.807) is 0 Å². The first-order valence-corrected chi connectivity index (χ1v) is 8.66. The molecule has 1 aliphatic carbocycles. The molecular formula is C17H21N5O3. The van der Waals surface area contributed by atoms with E-state index in [1.165, 1.54) is 0 Å². The maximum Gasteiger partial charge on any atom is 0.320 e. The second kappa shape index (κ2) is 6.79. The summed E-state index contributed by atoms with van der Waals surface area (Å²) in [6, 6.07) is 7.26. The lowest BCUT2D eigenvalue weighted by Gasteiger charge is -2.41. The van der Waals surface area contributed by atoms with Crippen LogP contribution in [0.5, 0.6) is 5.75 Å². The van der Waals surface area contributed by atoms with Gasteiger partial charge in [0, 0.05) is 0 Å². The van der Waals surface area contributed by atoms with Crippen LogP contribution < -0.4 is 10.1 Å². The third-order valence-electron chi connectivity index (χ3n) is 5.34. The van der Waals surface area contributed by atoms with Crippen molar-refractivity contribution in [1.82, 2.24) is 25.9 Å². The van der Waals surface area contributed by atoms with Crippen LogP contribution in [0.25, 0.3) is 11.4 Å². The molecule has 1 aromatic heterocycles. The average Bonchev–Trinajstić information content (AvgIpc) is 3.16. The van der Waals surface area contributed by atoms with Gasteiger partial charge in [-0.2, -0.15) is 0 Å². The molecule has 1 aliphatic heterocycles. The van der Waals surface area contributed by atoms with Gasteiger partial charge < -0.3 is 15.2 Å². The van der Waals surface area contributed by atoms with Gasteiger partial charge in [-0.05, 0) is 66.6 Å². The van der Waals surface area contributed by atoms with Crippen molar-refractivity contribution in [3.8, 4) is 17.1 Å². The summed E-state index contributed by atoms with van der Waals surface area (Å²) in [7, 11) is 0. The zero-order chi connectivity index (χ0) is 17.2. The number of piperidine rings is 1. The highest BCUT2D eigenvalue weighted by atomic mass is 16.5. The lowest BCUT2D eigenvalue weighted by Crippen LogP contribution is -2.50. The number of hydrogen-bond acceptors (Lipinski definition) is 6. The Balaban J connectivity index is 1.47. The number of fused-ring (bicyclic) bond motifs is 1. The Hall–Kier alpha value is -2.48. The number of carbonyl (C=O) groups is 1. The van der Waals surface area contributed by atoms with E-state index in [9.17, 15) is 9.90 Å². The van der Waals surface area contributed by atoms with Gasteiger partial charge >= 0.3 is 5.97 Å². The molecular weight excluding hydrogens is 322 g/mol. The van der Waals surface area contributed by atoms with Gasteiger partial charge in [0.2, 0.25) is 0 Å². The molecule has 0 unspecified atom stereocenters. The molecule has 1 saturated carbocycles. The van der Waals surface area contributed by atoms with Crippen LogP contribution in [0.15, 0.2) is 24.3 Å². The molecule has 2 fully saturated rings. The summed E-state index contributed by atoms with van der Waals surface area (Å²) in [5, 5.41) is 26.4. The summed E-state index contributed by atoms with van der Waals surface area (Å²) in [4.78, 5) is 11.3. The molecule has 0 radical (unpaired) electrons. The molecule has 8 nitrogen and oxygen atoms in total. The maximum atomic E-state index is 11.3. The Bertz CT molecular complexity index is 736. The van der Waals surface area contributed by atoms with Crippen molar-refractivity contribution < 1.29 is 14.6 Å². The van der Waals surface area contributed by atoms with Gasteiger partial charge in [0.15, 0.2) is 5.82 Å². The quantitative estimate of drug-likeness (QED) is 0.770. The smallest absolute Gasteiger partial charge is 0.320 e. The standard InChI is InChI=1S/C17H21N5O3/c23-17(24)14-8-11-7-12(6-5-10(11)9-18-14)25-15-4-2-1-3-13(15)16-19-21-22-20-16/h1-4,10-12,14,18H,5-9H2,(H,23,24)(H,19,20,21,22)/t10-,11+,12-,14-/m0/s1. The van der Waals surface area contributed by atoms with Crippen molar-refractivity contribution in [3.63, 3.8) is 0 Å². The predicted molar refractivity (Wildman–Crippen MR) is 88.9 cm³/mol. The van der Waals surface area contributed by atoms with Crippen LogP contribution in [-0.2, 0) is 4.79 Å². The summed E-state index contributed by atoms with van der Waals surface area (Å²) in [6.07, 6.45) is 3.68.